The molecule has 3 aromatic rings. The molecule has 23 heavy (non-hydrogen) atoms. The Bertz CT molecular complexity index is 896. The van der Waals surface area contributed by atoms with E-state index < -0.39 is 5.97 Å². The number of carbonyl (C=O) groups is 1. The van der Waals surface area contributed by atoms with Crippen molar-refractivity contribution in [3.05, 3.63) is 52.9 Å². The molecule has 0 unspecified atom stereocenters. The third-order valence-corrected chi connectivity index (χ3v) is 4.06. The van der Waals surface area contributed by atoms with Crippen LogP contribution in [0.5, 0.6) is 0 Å². The quantitative estimate of drug-likeness (QED) is 0.796. The first-order chi connectivity index (χ1) is 11.1. The first-order valence-corrected chi connectivity index (χ1v) is 7.32. The van der Waals surface area contributed by atoms with Crippen molar-refractivity contribution in [1.82, 2.24) is 20.0 Å². The Labute approximate surface area is 131 Å². The number of hydrogen-bond acceptors (Lipinski definition) is 5. The SMILES string of the molecule is Cc1c(C(=O)O)oc2c1-c1nn(Cc3cccnn3)cc1CC2. The van der Waals surface area contributed by atoms with Gasteiger partial charge in [0.1, 0.15) is 5.76 Å². The van der Waals surface area contributed by atoms with Gasteiger partial charge in [-0.05, 0) is 31.0 Å². The van der Waals surface area contributed by atoms with Gasteiger partial charge in [0.2, 0.25) is 5.76 Å². The van der Waals surface area contributed by atoms with E-state index in [9.17, 15) is 9.90 Å². The molecule has 7 heteroatoms. The molecule has 7 nitrogen and oxygen atoms in total. The Morgan fingerprint density at radius 3 is 3.04 bits per heavy atom. The molecule has 116 valence electrons. The molecule has 0 spiro atoms. The predicted molar refractivity (Wildman–Crippen MR) is 80.2 cm³/mol. The summed E-state index contributed by atoms with van der Waals surface area (Å²) in [7, 11) is 0. The monoisotopic (exact) mass is 310 g/mol. The first kappa shape index (κ1) is 13.7. The molecular weight excluding hydrogens is 296 g/mol. The highest BCUT2D eigenvalue weighted by Gasteiger charge is 2.29. The number of aryl methyl sites for hydroxylation is 2. The van der Waals surface area contributed by atoms with Crippen molar-refractivity contribution >= 4 is 5.97 Å². The van der Waals surface area contributed by atoms with Crippen LogP contribution in [0.15, 0.2) is 28.9 Å². The summed E-state index contributed by atoms with van der Waals surface area (Å²) in [5.41, 5.74) is 4.19. The van der Waals surface area contributed by atoms with Gasteiger partial charge in [-0.1, -0.05) is 0 Å². The molecule has 1 N–H and O–H groups in total. The maximum Gasteiger partial charge on any atom is 0.372 e. The van der Waals surface area contributed by atoms with Crippen molar-refractivity contribution in [3.8, 4) is 11.3 Å². The molecule has 3 heterocycles. The summed E-state index contributed by atoms with van der Waals surface area (Å²) in [6.45, 7) is 2.29. The van der Waals surface area contributed by atoms with Gasteiger partial charge in [-0.25, -0.2) is 4.79 Å². The molecule has 3 aromatic heterocycles. The van der Waals surface area contributed by atoms with E-state index in [0.717, 1.165) is 28.9 Å². The average Bonchev–Trinajstić information content (AvgIpc) is 3.08. The highest BCUT2D eigenvalue weighted by atomic mass is 16.4. The van der Waals surface area contributed by atoms with Crippen LogP contribution in [0, 0.1) is 6.92 Å². The lowest BCUT2D eigenvalue weighted by Gasteiger charge is -2.09. The Morgan fingerprint density at radius 2 is 2.30 bits per heavy atom. The molecule has 0 aromatic carbocycles. The highest BCUT2D eigenvalue weighted by Crippen LogP contribution is 2.38. The highest BCUT2D eigenvalue weighted by molar-refractivity contribution is 5.90. The van der Waals surface area contributed by atoms with E-state index in [0.29, 0.717) is 24.3 Å². The third-order valence-electron chi connectivity index (χ3n) is 4.06. The summed E-state index contributed by atoms with van der Waals surface area (Å²) in [4.78, 5) is 11.3. The van der Waals surface area contributed by atoms with E-state index in [1.807, 2.05) is 23.0 Å². The zero-order valence-electron chi connectivity index (χ0n) is 12.5. The molecule has 0 atom stereocenters. The van der Waals surface area contributed by atoms with E-state index in [1.165, 1.54) is 0 Å². The van der Waals surface area contributed by atoms with Crippen LogP contribution < -0.4 is 0 Å². The zero-order chi connectivity index (χ0) is 16.0. The molecule has 0 amide bonds. The summed E-state index contributed by atoms with van der Waals surface area (Å²) in [5.74, 6) is -0.332. The van der Waals surface area contributed by atoms with Crippen molar-refractivity contribution < 1.29 is 14.3 Å². The summed E-state index contributed by atoms with van der Waals surface area (Å²) in [6, 6.07) is 3.73. The minimum Gasteiger partial charge on any atom is -0.475 e. The lowest BCUT2D eigenvalue weighted by molar-refractivity contribution is 0.0659. The number of aromatic nitrogens is 4. The number of nitrogens with zero attached hydrogens (tertiary/aromatic N) is 4. The van der Waals surface area contributed by atoms with Crippen molar-refractivity contribution in [2.24, 2.45) is 0 Å². The Balaban J connectivity index is 1.75. The van der Waals surface area contributed by atoms with Crippen molar-refractivity contribution in [1.29, 1.82) is 0 Å². The van der Waals surface area contributed by atoms with E-state index in [1.54, 1.807) is 13.1 Å². The second-order valence-electron chi connectivity index (χ2n) is 5.58. The molecule has 0 radical (unpaired) electrons. The van der Waals surface area contributed by atoms with Gasteiger partial charge < -0.3 is 9.52 Å². The largest absolute Gasteiger partial charge is 0.475 e. The standard InChI is InChI=1S/C16H14N4O3/c1-9-13-12(23-15(9)16(21)22)5-4-10-7-20(19-14(10)13)8-11-3-2-6-17-18-11/h2-3,6-7H,4-5,8H2,1H3,(H,21,22). The number of furan rings is 1. The summed E-state index contributed by atoms with van der Waals surface area (Å²) in [5, 5.41) is 21.8. The smallest absolute Gasteiger partial charge is 0.372 e. The maximum absolute atomic E-state index is 11.3. The van der Waals surface area contributed by atoms with Crippen LogP contribution in [0.25, 0.3) is 11.3 Å². The van der Waals surface area contributed by atoms with Gasteiger partial charge in [0.05, 0.1) is 17.9 Å². The van der Waals surface area contributed by atoms with Gasteiger partial charge in [-0.2, -0.15) is 15.3 Å². The van der Waals surface area contributed by atoms with Gasteiger partial charge in [0.15, 0.2) is 0 Å². The number of carboxylic acids is 1. The minimum atomic E-state index is -1.04. The second kappa shape index (κ2) is 5.05. The topological polar surface area (TPSA) is 94.0 Å². The molecule has 4 rings (SSSR count). The normalized spacial score (nSPS) is 12.7. The Morgan fingerprint density at radius 1 is 1.43 bits per heavy atom. The lowest BCUT2D eigenvalue weighted by atomic mass is 9.94. The molecule has 0 aliphatic heterocycles. The van der Waals surface area contributed by atoms with Gasteiger partial charge in [0, 0.05) is 29.9 Å². The third kappa shape index (κ3) is 2.21. The fourth-order valence-corrected chi connectivity index (χ4v) is 3.03. The Kier molecular flexibility index (Phi) is 3.00. The van der Waals surface area contributed by atoms with Crippen LogP contribution >= 0.6 is 0 Å². The lowest BCUT2D eigenvalue weighted by Crippen LogP contribution is -2.03. The van der Waals surface area contributed by atoms with Crippen LogP contribution in [-0.4, -0.2) is 31.1 Å². The molecular formula is C16H14N4O3. The van der Waals surface area contributed by atoms with E-state index in [2.05, 4.69) is 15.3 Å². The van der Waals surface area contributed by atoms with Crippen LogP contribution in [0.2, 0.25) is 0 Å². The van der Waals surface area contributed by atoms with Gasteiger partial charge in [0.25, 0.3) is 0 Å². The average molecular weight is 310 g/mol. The second-order valence-corrected chi connectivity index (χ2v) is 5.58. The molecule has 0 saturated carbocycles. The summed E-state index contributed by atoms with van der Waals surface area (Å²) >= 11 is 0. The fraction of sp³-hybridized carbons (Fsp3) is 0.250. The predicted octanol–water partition coefficient (Wildman–Crippen LogP) is 2.09. The summed E-state index contributed by atoms with van der Waals surface area (Å²) in [6.07, 6.45) is 5.09. The van der Waals surface area contributed by atoms with Crippen LogP contribution in [0.3, 0.4) is 0 Å². The molecule has 0 fully saturated rings. The first-order valence-electron chi connectivity index (χ1n) is 7.32. The molecule has 1 aliphatic rings. The van der Waals surface area contributed by atoms with Crippen LogP contribution in [0.1, 0.15) is 33.1 Å². The fourth-order valence-electron chi connectivity index (χ4n) is 3.03. The number of hydrogen-bond donors (Lipinski definition) is 1. The van der Waals surface area contributed by atoms with Crippen molar-refractivity contribution in [2.75, 3.05) is 0 Å². The van der Waals surface area contributed by atoms with Crippen molar-refractivity contribution in [3.63, 3.8) is 0 Å². The van der Waals surface area contributed by atoms with Crippen LogP contribution in [0.4, 0.5) is 0 Å². The summed E-state index contributed by atoms with van der Waals surface area (Å²) < 4.78 is 7.33. The number of carboxylic acid groups (broad SMARTS) is 1. The van der Waals surface area contributed by atoms with E-state index >= 15 is 0 Å². The van der Waals surface area contributed by atoms with Gasteiger partial charge in [-0.3, -0.25) is 4.68 Å². The number of fused-ring (bicyclic) bond motifs is 3. The van der Waals surface area contributed by atoms with Crippen molar-refractivity contribution in [2.45, 2.75) is 26.3 Å². The minimum absolute atomic E-state index is 0.00586. The Hall–Kier alpha value is -2.96. The molecule has 0 bridgehead atoms. The molecule has 1 aliphatic carbocycles. The number of rotatable bonds is 3. The van der Waals surface area contributed by atoms with Crippen LogP contribution in [-0.2, 0) is 19.4 Å². The maximum atomic E-state index is 11.3. The van der Waals surface area contributed by atoms with E-state index in [-0.39, 0.29) is 5.76 Å². The molecule has 0 saturated heterocycles. The number of aromatic carboxylic acids is 1. The van der Waals surface area contributed by atoms with Gasteiger partial charge in [-0.15, -0.1) is 0 Å². The zero-order valence-corrected chi connectivity index (χ0v) is 12.5. The van der Waals surface area contributed by atoms with E-state index in [4.69, 9.17) is 4.42 Å². The van der Waals surface area contributed by atoms with Gasteiger partial charge >= 0.3 is 5.97 Å².